The summed E-state index contributed by atoms with van der Waals surface area (Å²) in [4.78, 5) is 1.75. The standard InChI is InChI=1S/C12H15F3N2O/c1-18-9-2-3-11(10(8-9)12(13,14)15)17-6-4-16-5-7-17/h2-3,8,16H,4-7H2,1H3. The third-order valence-corrected chi connectivity index (χ3v) is 2.97. The predicted octanol–water partition coefficient (Wildman–Crippen LogP) is 2.12. The third-order valence-electron chi connectivity index (χ3n) is 2.97. The van der Waals surface area contributed by atoms with Gasteiger partial charge in [-0.1, -0.05) is 0 Å². The molecule has 1 heterocycles. The van der Waals surface area contributed by atoms with E-state index in [2.05, 4.69) is 5.32 Å². The zero-order valence-corrected chi connectivity index (χ0v) is 10.0. The summed E-state index contributed by atoms with van der Waals surface area (Å²) in [5, 5.41) is 3.12. The molecule has 0 spiro atoms. The summed E-state index contributed by atoms with van der Waals surface area (Å²) in [5.74, 6) is 0.223. The molecule has 18 heavy (non-hydrogen) atoms. The molecule has 1 N–H and O–H groups in total. The van der Waals surface area contributed by atoms with Crippen molar-refractivity contribution >= 4 is 5.69 Å². The van der Waals surface area contributed by atoms with Crippen molar-refractivity contribution in [3.63, 3.8) is 0 Å². The average molecular weight is 260 g/mol. The second kappa shape index (κ2) is 5.06. The van der Waals surface area contributed by atoms with Crippen LogP contribution >= 0.6 is 0 Å². The van der Waals surface area contributed by atoms with Gasteiger partial charge in [-0.05, 0) is 18.2 Å². The van der Waals surface area contributed by atoms with Crippen molar-refractivity contribution in [2.45, 2.75) is 6.18 Å². The van der Waals surface area contributed by atoms with Crippen LogP contribution < -0.4 is 15.0 Å². The number of nitrogens with zero attached hydrogens (tertiary/aromatic N) is 1. The van der Waals surface area contributed by atoms with Gasteiger partial charge >= 0.3 is 6.18 Å². The molecule has 0 aliphatic carbocycles. The first kappa shape index (κ1) is 13.0. The van der Waals surface area contributed by atoms with E-state index < -0.39 is 11.7 Å². The molecular weight excluding hydrogens is 245 g/mol. The minimum atomic E-state index is -4.37. The van der Waals surface area contributed by atoms with E-state index >= 15 is 0 Å². The summed E-state index contributed by atoms with van der Waals surface area (Å²) < 4.78 is 43.9. The Kier molecular flexibility index (Phi) is 3.65. The number of benzene rings is 1. The Bertz CT molecular complexity index is 414. The van der Waals surface area contributed by atoms with E-state index in [1.807, 2.05) is 0 Å². The van der Waals surface area contributed by atoms with Gasteiger partial charge in [0.15, 0.2) is 0 Å². The van der Waals surface area contributed by atoms with E-state index in [9.17, 15) is 13.2 Å². The topological polar surface area (TPSA) is 24.5 Å². The van der Waals surface area contributed by atoms with E-state index in [0.717, 1.165) is 6.07 Å². The highest BCUT2D eigenvalue weighted by atomic mass is 19.4. The molecule has 3 nitrogen and oxygen atoms in total. The summed E-state index contributed by atoms with van der Waals surface area (Å²) in [6, 6.07) is 4.09. The van der Waals surface area contributed by atoms with Crippen LogP contribution in [0.2, 0.25) is 0 Å². The Morgan fingerprint density at radius 2 is 1.89 bits per heavy atom. The molecular formula is C12H15F3N2O. The molecule has 0 bridgehead atoms. The molecule has 0 atom stereocenters. The van der Waals surface area contributed by atoms with Gasteiger partial charge in [0.05, 0.1) is 12.7 Å². The SMILES string of the molecule is COc1ccc(N2CCNCC2)c(C(F)(F)F)c1. The van der Waals surface area contributed by atoms with Crippen LogP contribution in [0.4, 0.5) is 18.9 Å². The summed E-state index contributed by atoms with van der Waals surface area (Å²) >= 11 is 0. The van der Waals surface area contributed by atoms with E-state index in [-0.39, 0.29) is 11.4 Å². The summed E-state index contributed by atoms with van der Waals surface area (Å²) in [7, 11) is 1.36. The number of hydrogen-bond donors (Lipinski definition) is 1. The lowest BCUT2D eigenvalue weighted by atomic mass is 10.1. The van der Waals surface area contributed by atoms with Gasteiger partial charge in [-0.25, -0.2) is 0 Å². The van der Waals surface area contributed by atoms with E-state index in [4.69, 9.17) is 4.74 Å². The molecule has 100 valence electrons. The maximum Gasteiger partial charge on any atom is 0.418 e. The lowest BCUT2D eigenvalue weighted by Gasteiger charge is -2.31. The lowest BCUT2D eigenvalue weighted by Crippen LogP contribution is -2.44. The van der Waals surface area contributed by atoms with Crippen molar-refractivity contribution in [3.05, 3.63) is 23.8 Å². The van der Waals surface area contributed by atoms with Gasteiger partial charge in [0, 0.05) is 31.9 Å². The van der Waals surface area contributed by atoms with E-state index in [1.54, 1.807) is 11.0 Å². The largest absolute Gasteiger partial charge is 0.497 e. The number of nitrogens with one attached hydrogen (secondary N) is 1. The van der Waals surface area contributed by atoms with Crippen molar-refractivity contribution in [3.8, 4) is 5.75 Å². The van der Waals surface area contributed by atoms with Crippen molar-refractivity contribution in [1.29, 1.82) is 0 Å². The second-order valence-corrected chi connectivity index (χ2v) is 4.12. The third kappa shape index (κ3) is 2.69. The Morgan fingerprint density at radius 1 is 1.22 bits per heavy atom. The molecule has 1 fully saturated rings. The Labute approximate surface area is 104 Å². The average Bonchev–Trinajstić information content (AvgIpc) is 2.38. The minimum Gasteiger partial charge on any atom is -0.497 e. The Morgan fingerprint density at radius 3 is 2.44 bits per heavy atom. The number of anilines is 1. The van der Waals surface area contributed by atoms with Crippen LogP contribution in [0, 0.1) is 0 Å². The van der Waals surface area contributed by atoms with Gasteiger partial charge in [-0.15, -0.1) is 0 Å². The molecule has 0 saturated carbocycles. The molecule has 0 aromatic heterocycles. The smallest absolute Gasteiger partial charge is 0.418 e. The molecule has 1 saturated heterocycles. The number of hydrogen-bond acceptors (Lipinski definition) is 3. The van der Waals surface area contributed by atoms with Crippen molar-refractivity contribution < 1.29 is 17.9 Å². The number of rotatable bonds is 2. The molecule has 1 aromatic rings. The number of halogens is 3. The zero-order valence-electron chi connectivity index (χ0n) is 10.0. The number of piperazine rings is 1. The Balaban J connectivity index is 2.38. The van der Waals surface area contributed by atoms with Gasteiger partial charge in [0.25, 0.3) is 0 Å². The summed E-state index contributed by atoms with van der Waals surface area (Å²) in [5.41, 5.74) is -0.409. The van der Waals surface area contributed by atoms with Gasteiger partial charge in [0.1, 0.15) is 5.75 Å². The highest BCUT2D eigenvalue weighted by molar-refractivity contribution is 5.58. The number of alkyl halides is 3. The van der Waals surface area contributed by atoms with E-state index in [1.165, 1.54) is 13.2 Å². The van der Waals surface area contributed by atoms with Gasteiger partial charge in [-0.3, -0.25) is 0 Å². The number of ether oxygens (including phenoxy) is 1. The summed E-state index contributed by atoms with van der Waals surface area (Å²) in [6.45, 7) is 2.55. The molecule has 0 radical (unpaired) electrons. The van der Waals surface area contributed by atoms with E-state index in [0.29, 0.717) is 26.2 Å². The predicted molar refractivity (Wildman–Crippen MR) is 63.1 cm³/mol. The maximum absolute atomic E-state index is 13.0. The first-order valence-corrected chi connectivity index (χ1v) is 5.73. The van der Waals surface area contributed by atoms with Crippen LogP contribution in [0.5, 0.6) is 5.75 Å². The first-order chi connectivity index (χ1) is 8.52. The van der Waals surface area contributed by atoms with Crippen molar-refractivity contribution in [2.24, 2.45) is 0 Å². The van der Waals surface area contributed by atoms with Crippen LogP contribution in [0.1, 0.15) is 5.56 Å². The second-order valence-electron chi connectivity index (χ2n) is 4.12. The normalized spacial score (nSPS) is 16.8. The van der Waals surface area contributed by atoms with Gasteiger partial charge in [0.2, 0.25) is 0 Å². The molecule has 1 aliphatic rings. The van der Waals surface area contributed by atoms with Crippen LogP contribution in [0.3, 0.4) is 0 Å². The van der Waals surface area contributed by atoms with Crippen LogP contribution in [-0.4, -0.2) is 33.3 Å². The lowest BCUT2D eigenvalue weighted by molar-refractivity contribution is -0.137. The monoisotopic (exact) mass is 260 g/mol. The molecule has 6 heteroatoms. The van der Waals surface area contributed by atoms with Gasteiger partial charge < -0.3 is 15.0 Å². The fraction of sp³-hybridized carbons (Fsp3) is 0.500. The highest BCUT2D eigenvalue weighted by Gasteiger charge is 2.35. The number of methoxy groups -OCH3 is 1. The minimum absolute atomic E-state index is 0.223. The molecule has 0 unspecified atom stereocenters. The fourth-order valence-electron chi connectivity index (χ4n) is 2.05. The molecule has 2 rings (SSSR count). The van der Waals surface area contributed by atoms with Crippen molar-refractivity contribution in [2.75, 3.05) is 38.2 Å². The quantitative estimate of drug-likeness (QED) is 0.881. The van der Waals surface area contributed by atoms with Crippen LogP contribution in [0.25, 0.3) is 0 Å². The Hall–Kier alpha value is -1.43. The van der Waals surface area contributed by atoms with Crippen molar-refractivity contribution in [1.82, 2.24) is 5.32 Å². The molecule has 1 aliphatic heterocycles. The first-order valence-electron chi connectivity index (χ1n) is 5.73. The van der Waals surface area contributed by atoms with Crippen LogP contribution in [-0.2, 0) is 6.18 Å². The summed E-state index contributed by atoms with van der Waals surface area (Å²) in [6.07, 6.45) is -4.37. The fourth-order valence-corrected chi connectivity index (χ4v) is 2.05. The highest BCUT2D eigenvalue weighted by Crippen LogP contribution is 2.38. The molecule has 0 amide bonds. The van der Waals surface area contributed by atoms with Gasteiger partial charge in [-0.2, -0.15) is 13.2 Å². The molecule has 1 aromatic carbocycles. The maximum atomic E-state index is 13.0. The van der Waals surface area contributed by atoms with Crippen LogP contribution in [0.15, 0.2) is 18.2 Å². The zero-order chi connectivity index (χ0) is 13.2.